The Hall–Kier alpha value is -0.850. The molecule has 1 saturated carbocycles. The molecule has 102 valence electrons. The largest absolute Gasteiger partial charge is 0.305 e. The number of nitriles is 1. The molecule has 2 aliphatic rings. The minimum absolute atomic E-state index is 0.219. The average Bonchev–Trinajstić information content (AvgIpc) is 3.03. The van der Waals surface area contributed by atoms with Gasteiger partial charge in [-0.25, -0.2) is 0 Å². The van der Waals surface area contributed by atoms with Gasteiger partial charge in [0.1, 0.15) is 0 Å². The van der Waals surface area contributed by atoms with Crippen LogP contribution in [0, 0.1) is 17.2 Å². The summed E-state index contributed by atoms with van der Waals surface area (Å²) < 4.78 is 0. The smallest absolute Gasteiger partial charge is 0.0672 e. The van der Waals surface area contributed by atoms with E-state index < -0.39 is 0 Å². The van der Waals surface area contributed by atoms with E-state index in [1.165, 1.54) is 37.0 Å². The second kappa shape index (κ2) is 5.64. The van der Waals surface area contributed by atoms with Crippen molar-refractivity contribution in [1.82, 2.24) is 5.32 Å². The van der Waals surface area contributed by atoms with Gasteiger partial charge in [0.05, 0.1) is 12.0 Å². The Morgan fingerprint density at radius 2 is 2.16 bits per heavy atom. The van der Waals surface area contributed by atoms with Crippen molar-refractivity contribution in [3.63, 3.8) is 0 Å². The molecule has 0 aliphatic heterocycles. The van der Waals surface area contributed by atoms with Crippen molar-refractivity contribution < 1.29 is 0 Å². The molecule has 0 radical (unpaired) electrons. The van der Waals surface area contributed by atoms with Crippen LogP contribution in [0.2, 0.25) is 0 Å². The van der Waals surface area contributed by atoms with Crippen LogP contribution in [0.3, 0.4) is 0 Å². The standard InChI is InChI=1S/C16H22N2S/c1-11(18-14-7-4-6-13(14)10-17)16-9-12-5-2-3-8-15(12)19-16/h9,11,13-14,18H,2-8H2,1H3. The van der Waals surface area contributed by atoms with Gasteiger partial charge in [-0.15, -0.1) is 11.3 Å². The zero-order valence-corrected chi connectivity index (χ0v) is 12.4. The summed E-state index contributed by atoms with van der Waals surface area (Å²) in [5, 5.41) is 12.9. The van der Waals surface area contributed by atoms with E-state index in [0.29, 0.717) is 12.1 Å². The van der Waals surface area contributed by atoms with Crippen LogP contribution in [-0.4, -0.2) is 6.04 Å². The first-order valence-corrected chi connectivity index (χ1v) is 8.36. The summed E-state index contributed by atoms with van der Waals surface area (Å²) in [6.45, 7) is 2.25. The normalized spacial score (nSPS) is 27.8. The molecule has 0 bridgehead atoms. The van der Waals surface area contributed by atoms with Gasteiger partial charge in [0.2, 0.25) is 0 Å². The highest BCUT2D eigenvalue weighted by molar-refractivity contribution is 7.12. The number of nitrogens with one attached hydrogen (secondary N) is 1. The molecule has 3 heteroatoms. The monoisotopic (exact) mass is 274 g/mol. The molecule has 0 aromatic carbocycles. The number of fused-ring (bicyclic) bond motifs is 1. The quantitative estimate of drug-likeness (QED) is 0.905. The number of thiophene rings is 1. The molecule has 3 atom stereocenters. The molecule has 2 nitrogen and oxygen atoms in total. The topological polar surface area (TPSA) is 35.8 Å². The lowest BCUT2D eigenvalue weighted by molar-refractivity contribution is 0.420. The van der Waals surface area contributed by atoms with Gasteiger partial charge in [-0.1, -0.05) is 6.42 Å². The van der Waals surface area contributed by atoms with E-state index in [2.05, 4.69) is 24.4 Å². The third-order valence-electron chi connectivity index (χ3n) is 4.59. The molecule has 1 N–H and O–H groups in total. The number of rotatable bonds is 3. The second-order valence-corrected chi connectivity index (χ2v) is 7.13. The maximum Gasteiger partial charge on any atom is 0.0672 e. The van der Waals surface area contributed by atoms with Gasteiger partial charge in [-0.05, 0) is 57.1 Å². The van der Waals surface area contributed by atoms with Crippen LogP contribution in [0.25, 0.3) is 0 Å². The maximum atomic E-state index is 9.17. The van der Waals surface area contributed by atoms with Gasteiger partial charge in [-0.3, -0.25) is 0 Å². The van der Waals surface area contributed by atoms with E-state index in [0.717, 1.165) is 12.8 Å². The fraction of sp³-hybridized carbons (Fsp3) is 0.688. The van der Waals surface area contributed by atoms with Crippen molar-refractivity contribution in [1.29, 1.82) is 5.26 Å². The Labute approximate surface area is 119 Å². The molecule has 0 spiro atoms. The van der Waals surface area contributed by atoms with E-state index >= 15 is 0 Å². The lowest BCUT2D eigenvalue weighted by Gasteiger charge is -2.20. The number of hydrogen-bond acceptors (Lipinski definition) is 3. The van der Waals surface area contributed by atoms with Gasteiger partial charge in [-0.2, -0.15) is 5.26 Å². The molecule has 1 heterocycles. The molecule has 2 aliphatic carbocycles. The van der Waals surface area contributed by atoms with Gasteiger partial charge in [0.15, 0.2) is 0 Å². The van der Waals surface area contributed by atoms with Crippen LogP contribution in [0.1, 0.15) is 60.4 Å². The van der Waals surface area contributed by atoms with Gasteiger partial charge >= 0.3 is 0 Å². The lowest BCUT2D eigenvalue weighted by atomic mass is 9.98. The molecule has 1 aromatic rings. The van der Waals surface area contributed by atoms with Gasteiger partial charge in [0, 0.05) is 21.8 Å². The molecule has 3 unspecified atom stereocenters. The van der Waals surface area contributed by atoms with Crippen molar-refractivity contribution in [2.24, 2.45) is 5.92 Å². The molecular formula is C16H22N2S. The first-order valence-electron chi connectivity index (χ1n) is 7.55. The molecule has 0 amide bonds. The first kappa shape index (κ1) is 13.1. The molecule has 0 saturated heterocycles. The minimum Gasteiger partial charge on any atom is -0.305 e. The van der Waals surface area contributed by atoms with Crippen molar-refractivity contribution in [3.8, 4) is 6.07 Å². The Morgan fingerprint density at radius 3 is 2.95 bits per heavy atom. The summed E-state index contributed by atoms with van der Waals surface area (Å²) in [6.07, 6.45) is 8.68. The summed E-state index contributed by atoms with van der Waals surface area (Å²) in [5.74, 6) is 0.219. The highest BCUT2D eigenvalue weighted by Crippen LogP contribution is 2.34. The lowest BCUT2D eigenvalue weighted by Crippen LogP contribution is -2.33. The van der Waals surface area contributed by atoms with E-state index in [-0.39, 0.29) is 5.92 Å². The van der Waals surface area contributed by atoms with E-state index in [4.69, 9.17) is 5.26 Å². The molecule has 3 rings (SSSR count). The van der Waals surface area contributed by atoms with Crippen molar-refractivity contribution in [3.05, 3.63) is 21.4 Å². The van der Waals surface area contributed by atoms with E-state index in [1.807, 2.05) is 11.3 Å². The first-order chi connectivity index (χ1) is 9.28. The van der Waals surface area contributed by atoms with Crippen LogP contribution >= 0.6 is 11.3 Å². The summed E-state index contributed by atoms with van der Waals surface area (Å²) in [7, 11) is 0. The van der Waals surface area contributed by atoms with E-state index in [9.17, 15) is 0 Å². The summed E-state index contributed by atoms with van der Waals surface area (Å²) in [5.41, 5.74) is 1.59. The van der Waals surface area contributed by atoms with Crippen molar-refractivity contribution >= 4 is 11.3 Å². The van der Waals surface area contributed by atoms with Crippen LogP contribution in [-0.2, 0) is 12.8 Å². The molecule has 19 heavy (non-hydrogen) atoms. The van der Waals surface area contributed by atoms with Crippen molar-refractivity contribution in [2.75, 3.05) is 0 Å². The minimum atomic E-state index is 0.219. The molecule has 1 aromatic heterocycles. The Bertz CT molecular complexity index is 462. The van der Waals surface area contributed by atoms with E-state index in [1.54, 1.807) is 10.4 Å². The van der Waals surface area contributed by atoms with Crippen LogP contribution in [0.4, 0.5) is 0 Å². The molecular weight excluding hydrogens is 252 g/mol. The highest BCUT2D eigenvalue weighted by Gasteiger charge is 2.28. The predicted molar refractivity (Wildman–Crippen MR) is 79.3 cm³/mol. The van der Waals surface area contributed by atoms with Crippen LogP contribution < -0.4 is 5.32 Å². The summed E-state index contributed by atoms with van der Waals surface area (Å²) >= 11 is 1.99. The Kier molecular flexibility index (Phi) is 3.91. The van der Waals surface area contributed by atoms with Crippen LogP contribution in [0.15, 0.2) is 6.07 Å². The highest BCUT2D eigenvalue weighted by atomic mass is 32.1. The fourth-order valence-corrected chi connectivity index (χ4v) is 4.71. The maximum absolute atomic E-state index is 9.17. The number of aryl methyl sites for hydroxylation is 2. The van der Waals surface area contributed by atoms with Gasteiger partial charge < -0.3 is 5.32 Å². The zero-order valence-electron chi connectivity index (χ0n) is 11.6. The molecule has 1 fully saturated rings. The van der Waals surface area contributed by atoms with Crippen LogP contribution in [0.5, 0.6) is 0 Å². The number of hydrogen-bond donors (Lipinski definition) is 1. The fourth-order valence-electron chi connectivity index (χ4n) is 3.44. The van der Waals surface area contributed by atoms with Crippen molar-refractivity contribution in [2.45, 2.75) is 64.0 Å². The summed E-state index contributed by atoms with van der Waals surface area (Å²) in [6, 6.07) is 5.67. The second-order valence-electron chi connectivity index (χ2n) is 5.97. The predicted octanol–water partition coefficient (Wildman–Crippen LogP) is 3.97. The third kappa shape index (κ3) is 2.70. The third-order valence-corrected chi connectivity index (χ3v) is 6.01. The average molecular weight is 274 g/mol. The Morgan fingerprint density at radius 1 is 1.32 bits per heavy atom. The summed E-state index contributed by atoms with van der Waals surface area (Å²) in [4.78, 5) is 3.08. The SMILES string of the molecule is CC(NC1CCCC1C#N)c1cc2c(s1)CCCC2. The Balaban J connectivity index is 1.68. The van der Waals surface area contributed by atoms with Gasteiger partial charge in [0.25, 0.3) is 0 Å². The zero-order chi connectivity index (χ0) is 13.2. The number of nitrogens with zero attached hydrogens (tertiary/aromatic N) is 1.